The lowest BCUT2D eigenvalue weighted by Gasteiger charge is -2.17. The normalized spacial score (nSPS) is 10.9. The van der Waals surface area contributed by atoms with Crippen LogP contribution < -0.4 is 15.0 Å². The quantitative estimate of drug-likeness (QED) is 0.373. The summed E-state index contributed by atoms with van der Waals surface area (Å²) >= 11 is 0. The summed E-state index contributed by atoms with van der Waals surface area (Å²) in [5.74, 6) is -0.575. The molecule has 0 unspecified atom stereocenters. The van der Waals surface area contributed by atoms with Crippen LogP contribution in [0.25, 0.3) is 11.1 Å². The number of aromatic nitrogens is 2. The first-order chi connectivity index (χ1) is 17.3. The van der Waals surface area contributed by atoms with E-state index >= 15 is 0 Å². The van der Waals surface area contributed by atoms with E-state index < -0.39 is 17.1 Å². The number of phenols is 1. The van der Waals surface area contributed by atoms with Gasteiger partial charge in [0.15, 0.2) is 11.6 Å². The number of benzene rings is 3. The lowest BCUT2D eigenvalue weighted by molar-refractivity contribution is 0.393. The number of ether oxygens (including phenoxy) is 2. The van der Waals surface area contributed by atoms with E-state index in [1.165, 1.54) is 37.1 Å². The molecule has 0 aliphatic rings. The fourth-order valence-electron chi connectivity index (χ4n) is 4.26. The van der Waals surface area contributed by atoms with Crippen LogP contribution in [0, 0.1) is 18.6 Å². The van der Waals surface area contributed by atoms with Crippen LogP contribution >= 0.6 is 0 Å². The molecule has 1 heterocycles. The average Bonchev–Trinajstić information content (AvgIpc) is 2.87. The SMILES string of the molecule is COc1cc(Cn2nc(C)c(-c3cccc(F)c3O)c(CCc3cccc(F)c3)c2=O)cc(OC)c1. The number of aryl methyl sites for hydroxylation is 2. The highest BCUT2D eigenvalue weighted by Crippen LogP contribution is 2.34. The molecule has 0 atom stereocenters. The van der Waals surface area contributed by atoms with Crippen molar-refractivity contribution in [1.29, 1.82) is 0 Å². The van der Waals surface area contributed by atoms with Gasteiger partial charge in [-0.2, -0.15) is 5.10 Å². The van der Waals surface area contributed by atoms with Gasteiger partial charge >= 0.3 is 0 Å². The summed E-state index contributed by atoms with van der Waals surface area (Å²) in [5.41, 5.74) is 2.40. The third-order valence-corrected chi connectivity index (χ3v) is 5.98. The van der Waals surface area contributed by atoms with Crippen molar-refractivity contribution >= 4 is 0 Å². The lowest BCUT2D eigenvalue weighted by Crippen LogP contribution is -2.29. The molecule has 6 nitrogen and oxygen atoms in total. The van der Waals surface area contributed by atoms with Gasteiger partial charge < -0.3 is 14.6 Å². The summed E-state index contributed by atoms with van der Waals surface area (Å²) in [6.07, 6.45) is 0.602. The van der Waals surface area contributed by atoms with Gasteiger partial charge in [0.1, 0.15) is 17.3 Å². The topological polar surface area (TPSA) is 73.6 Å². The molecule has 4 rings (SSSR count). The van der Waals surface area contributed by atoms with E-state index in [4.69, 9.17) is 9.47 Å². The number of aromatic hydroxyl groups is 1. The Labute approximate surface area is 207 Å². The minimum Gasteiger partial charge on any atom is -0.504 e. The Morgan fingerprint density at radius 3 is 2.28 bits per heavy atom. The van der Waals surface area contributed by atoms with Crippen LogP contribution in [0.1, 0.15) is 22.4 Å². The average molecular weight is 493 g/mol. The molecule has 0 saturated heterocycles. The van der Waals surface area contributed by atoms with E-state index in [2.05, 4.69) is 5.10 Å². The van der Waals surface area contributed by atoms with Crippen molar-refractivity contribution in [2.75, 3.05) is 14.2 Å². The second-order valence-corrected chi connectivity index (χ2v) is 8.39. The van der Waals surface area contributed by atoms with Gasteiger partial charge in [-0.05, 0) is 61.2 Å². The maximum atomic E-state index is 14.2. The number of hydrogen-bond acceptors (Lipinski definition) is 5. The second kappa shape index (κ2) is 10.6. The van der Waals surface area contributed by atoms with Gasteiger partial charge in [0, 0.05) is 22.8 Å². The molecule has 0 saturated carbocycles. The molecule has 186 valence electrons. The lowest BCUT2D eigenvalue weighted by atomic mass is 9.94. The van der Waals surface area contributed by atoms with E-state index in [-0.39, 0.29) is 24.3 Å². The van der Waals surface area contributed by atoms with Gasteiger partial charge in [0.2, 0.25) is 0 Å². The van der Waals surface area contributed by atoms with Crippen LogP contribution in [0.3, 0.4) is 0 Å². The number of nitrogens with zero attached hydrogens (tertiary/aromatic N) is 2. The Morgan fingerprint density at radius 1 is 0.917 bits per heavy atom. The van der Waals surface area contributed by atoms with Crippen molar-refractivity contribution < 1.29 is 23.4 Å². The largest absolute Gasteiger partial charge is 0.504 e. The van der Waals surface area contributed by atoms with Gasteiger partial charge in [-0.25, -0.2) is 13.5 Å². The zero-order valence-electron chi connectivity index (χ0n) is 20.2. The Balaban J connectivity index is 1.83. The van der Waals surface area contributed by atoms with Gasteiger partial charge in [-0.1, -0.05) is 24.3 Å². The number of hydrogen-bond donors (Lipinski definition) is 1. The molecule has 0 aliphatic carbocycles. The molecule has 1 N–H and O–H groups in total. The summed E-state index contributed by atoms with van der Waals surface area (Å²) in [6.45, 7) is 1.84. The number of phenolic OH excluding ortho intramolecular Hbond substituents is 1. The van der Waals surface area contributed by atoms with E-state index in [1.54, 1.807) is 43.3 Å². The minimum atomic E-state index is -0.796. The van der Waals surface area contributed by atoms with Gasteiger partial charge in [0.25, 0.3) is 5.56 Å². The standard InChI is InChI=1S/C28H26F2N2O4/c1-17-26(23-8-5-9-25(30)27(23)33)24(11-10-18-6-4-7-20(29)12-18)28(34)32(31-17)16-19-13-21(35-2)15-22(14-19)36-3/h4-9,12-15,33H,10-11,16H2,1-3H3. The first-order valence-electron chi connectivity index (χ1n) is 11.4. The Kier molecular flexibility index (Phi) is 7.33. The third kappa shape index (κ3) is 5.22. The van der Waals surface area contributed by atoms with Crippen molar-refractivity contribution in [2.45, 2.75) is 26.3 Å². The van der Waals surface area contributed by atoms with E-state index in [1.807, 2.05) is 0 Å². The van der Waals surface area contributed by atoms with Gasteiger partial charge in [-0.3, -0.25) is 4.79 Å². The van der Waals surface area contributed by atoms with Crippen molar-refractivity contribution in [3.8, 4) is 28.4 Å². The molecule has 3 aromatic carbocycles. The Hall–Kier alpha value is -4.20. The van der Waals surface area contributed by atoms with Crippen molar-refractivity contribution in [3.05, 3.63) is 105 Å². The fourth-order valence-corrected chi connectivity index (χ4v) is 4.26. The molecule has 0 fully saturated rings. The highest BCUT2D eigenvalue weighted by Gasteiger charge is 2.21. The van der Waals surface area contributed by atoms with Crippen LogP contribution in [0.5, 0.6) is 17.2 Å². The molecule has 1 aromatic heterocycles. The predicted molar refractivity (Wildman–Crippen MR) is 133 cm³/mol. The maximum absolute atomic E-state index is 14.2. The highest BCUT2D eigenvalue weighted by atomic mass is 19.1. The summed E-state index contributed by atoms with van der Waals surface area (Å²) in [7, 11) is 3.08. The molecule has 0 spiro atoms. The smallest absolute Gasteiger partial charge is 0.270 e. The molecular formula is C28H26F2N2O4. The molecule has 8 heteroatoms. The zero-order chi connectivity index (χ0) is 25.8. The fraction of sp³-hybridized carbons (Fsp3) is 0.214. The van der Waals surface area contributed by atoms with Crippen molar-refractivity contribution in [1.82, 2.24) is 9.78 Å². The molecule has 0 amide bonds. The van der Waals surface area contributed by atoms with Crippen LogP contribution in [-0.4, -0.2) is 29.1 Å². The Morgan fingerprint density at radius 2 is 1.61 bits per heavy atom. The highest BCUT2D eigenvalue weighted by molar-refractivity contribution is 5.74. The van der Waals surface area contributed by atoms with Gasteiger partial charge in [0.05, 0.1) is 26.5 Å². The number of rotatable bonds is 8. The van der Waals surface area contributed by atoms with Crippen molar-refractivity contribution in [3.63, 3.8) is 0 Å². The summed E-state index contributed by atoms with van der Waals surface area (Å²) in [5, 5.41) is 14.9. The minimum absolute atomic E-state index is 0.135. The molecule has 0 aliphatic heterocycles. The van der Waals surface area contributed by atoms with Crippen molar-refractivity contribution in [2.24, 2.45) is 0 Å². The molecule has 4 aromatic rings. The number of methoxy groups -OCH3 is 2. The monoisotopic (exact) mass is 492 g/mol. The van der Waals surface area contributed by atoms with E-state index in [0.29, 0.717) is 40.3 Å². The maximum Gasteiger partial charge on any atom is 0.270 e. The van der Waals surface area contributed by atoms with Crippen LogP contribution in [0.4, 0.5) is 8.78 Å². The van der Waals surface area contributed by atoms with Crippen LogP contribution in [0.15, 0.2) is 65.5 Å². The first kappa shape index (κ1) is 24.9. The molecular weight excluding hydrogens is 466 g/mol. The predicted octanol–water partition coefficient (Wildman–Crippen LogP) is 5.05. The van der Waals surface area contributed by atoms with E-state index in [9.17, 15) is 18.7 Å². The van der Waals surface area contributed by atoms with Crippen LogP contribution in [0.2, 0.25) is 0 Å². The number of halogens is 2. The van der Waals surface area contributed by atoms with Gasteiger partial charge in [-0.15, -0.1) is 0 Å². The first-order valence-corrected chi connectivity index (χ1v) is 11.4. The summed E-state index contributed by atoms with van der Waals surface area (Å²) in [4.78, 5) is 13.7. The molecule has 0 bridgehead atoms. The van der Waals surface area contributed by atoms with Crippen LogP contribution in [-0.2, 0) is 19.4 Å². The zero-order valence-corrected chi connectivity index (χ0v) is 20.2. The third-order valence-electron chi connectivity index (χ3n) is 5.98. The van der Waals surface area contributed by atoms with E-state index in [0.717, 1.165) is 11.6 Å². The summed E-state index contributed by atoms with van der Waals surface area (Å²) < 4.78 is 39.9. The number of para-hydroxylation sites is 1. The molecule has 36 heavy (non-hydrogen) atoms. The summed E-state index contributed by atoms with van der Waals surface area (Å²) in [6, 6.07) is 15.6. The second-order valence-electron chi connectivity index (χ2n) is 8.39. The Bertz CT molecular complexity index is 1440. The molecule has 0 radical (unpaired) electrons.